The van der Waals surface area contributed by atoms with Gasteiger partial charge in [-0.2, -0.15) is 0 Å². The van der Waals surface area contributed by atoms with Crippen molar-refractivity contribution in [2.75, 3.05) is 0 Å². The van der Waals surface area contributed by atoms with Crippen LogP contribution in [0.3, 0.4) is 0 Å². The van der Waals surface area contributed by atoms with Crippen LogP contribution in [0.2, 0.25) is 0 Å². The monoisotopic (exact) mass is 202 g/mol. The average Bonchev–Trinajstić information content (AvgIpc) is 2.30. The number of hydrogen-bond donors (Lipinski definition) is 0. The lowest BCUT2D eigenvalue weighted by molar-refractivity contribution is -0.111. The summed E-state index contributed by atoms with van der Waals surface area (Å²) in [4.78, 5) is 10.9. The van der Waals surface area contributed by atoms with E-state index in [1.165, 1.54) is 5.56 Å². The van der Waals surface area contributed by atoms with Gasteiger partial charge in [-0.15, -0.1) is 0 Å². The predicted molar refractivity (Wildman–Crippen MR) is 63.8 cm³/mol. The SMILES string of the molecule is C/C=C/CC(c1ccccc1)[C@@H](C)C=O. The van der Waals surface area contributed by atoms with E-state index in [1.54, 1.807) is 0 Å². The van der Waals surface area contributed by atoms with Gasteiger partial charge in [0.25, 0.3) is 0 Å². The number of carbonyl (C=O) groups excluding carboxylic acids is 1. The highest BCUT2D eigenvalue weighted by atomic mass is 16.1. The summed E-state index contributed by atoms with van der Waals surface area (Å²) in [6.07, 6.45) is 6.13. The van der Waals surface area contributed by atoms with E-state index in [2.05, 4.69) is 18.2 Å². The number of benzene rings is 1. The maximum Gasteiger partial charge on any atom is 0.123 e. The molecule has 1 aromatic rings. The second kappa shape index (κ2) is 6.18. The Morgan fingerprint density at radius 3 is 2.47 bits per heavy atom. The standard InChI is InChI=1S/C14H18O/c1-3-4-10-14(12(2)11-15)13-8-6-5-7-9-13/h3-9,11-12,14H,10H2,1-2H3/b4-3+/t12-,14?/m0/s1. The third-order valence-corrected chi connectivity index (χ3v) is 2.70. The number of hydrogen-bond acceptors (Lipinski definition) is 1. The zero-order valence-electron chi connectivity index (χ0n) is 9.39. The van der Waals surface area contributed by atoms with Gasteiger partial charge in [-0.1, -0.05) is 49.4 Å². The van der Waals surface area contributed by atoms with Crippen molar-refractivity contribution in [3.63, 3.8) is 0 Å². The summed E-state index contributed by atoms with van der Waals surface area (Å²) in [6.45, 7) is 3.99. The molecular formula is C14H18O. The molecule has 0 aromatic heterocycles. The average molecular weight is 202 g/mol. The first-order valence-electron chi connectivity index (χ1n) is 5.41. The number of carbonyl (C=O) groups is 1. The molecule has 1 unspecified atom stereocenters. The summed E-state index contributed by atoms with van der Waals surface area (Å²) < 4.78 is 0. The maximum absolute atomic E-state index is 10.9. The second-order valence-corrected chi connectivity index (χ2v) is 3.82. The third-order valence-electron chi connectivity index (χ3n) is 2.70. The molecule has 0 saturated carbocycles. The molecule has 0 spiro atoms. The van der Waals surface area contributed by atoms with Crippen molar-refractivity contribution in [2.45, 2.75) is 26.2 Å². The Bertz CT molecular complexity index is 313. The minimum Gasteiger partial charge on any atom is -0.303 e. The first-order valence-corrected chi connectivity index (χ1v) is 5.41. The van der Waals surface area contributed by atoms with E-state index in [0.717, 1.165) is 12.7 Å². The van der Waals surface area contributed by atoms with Gasteiger partial charge in [0.05, 0.1) is 0 Å². The van der Waals surface area contributed by atoms with Gasteiger partial charge in [0.15, 0.2) is 0 Å². The van der Waals surface area contributed by atoms with Crippen LogP contribution in [0.4, 0.5) is 0 Å². The summed E-state index contributed by atoms with van der Waals surface area (Å²) in [5.74, 6) is 0.378. The van der Waals surface area contributed by atoms with E-state index in [4.69, 9.17) is 0 Å². The molecule has 0 saturated heterocycles. The molecule has 1 rings (SSSR count). The molecule has 0 bridgehead atoms. The molecule has 2 atom stereocenters. The molecule has 0 N–H and O–H groups in total. The summed E-state index contributed by atoms with van der Waals surface area (Å²) in [7, 11) is 0. The minimum absolute atomic E-state index is 0.0728. The predicted octanol–water partition coefficient (Wildman–Crippen LogP) is 3.57. The third kappa shape index (κ3) is 3.35. The smallest absolute Gasteiger partial charge is 0.123 e. The van der Waals surface area contributed by atoms with E-state index in [-0.39, 0.29) is 5.92 Å². The first-order chi connectivity index (χ1) is 7.29. The lowest BCUT2D eigenvalue weighted by atomic mass is 9.85. The molecule has 0 aliphatic carbocycles. The Kier molecular flexibility index (Phi) is 4.82. The number of allylic oxidation sites excluding steroid dienone is 2. The van der Waals surface area contributed by atoms with Crippen LogP contribution in [0.5, 0.6) is 0 Å². The zero-order chi connectivity index (χ0) is 11.1. The summed E-state index contributed by atoms with van der Waals surface area (Å²) in [6, 6.07) is 10.2. The van der Waals surface area contributed by atoms with Crippen molar-refractivity contribution < 1.29 is 4.79 Å². The molecule has 0 fully saturated rings. The molecule has 0 heterocycles. The van der Waals surface area contributed by atoms with Crippen molar-refractivity contribution in [3.05, 3.63) is 48.0 Å². The van der Waals surface area contributed by atoms with Crippen LogP contribution in [0.25, 0.3) is 0 Å². The van der Waals surface area contributed by atoms with Crippen LogP contribution in [0.15, 0.2) is 42.5 Å². The molecular weight excluding hydrogens is 184 g/mol. The van der Waals surface area contributed by atoms with Crippen LogP contribution < -0.4 is 0 Å². The van der Waals surface area contributed by atoms with Gasteiger partial charge in [-0.25, -0.2) is 0 Å². The van der Waals surface area contributed by atoms with Crippen LogP contribution in [0, 0.1) is 5.92 Å². The lowest BCUT2D eigenvalue weighted by Gasteiger charge is -2.18. The molecule has 1 heteroatoms. The minimum atomic E-state index is 0.0728. The molecule has 1 aromatic carbocycles. The van der Waals surface area contributed by atoms with Gasteiger partial charge in [0.1, 0.15) is 6.29 Å². The quantitative estimate of drug-likeness (QED) is 0.527. The van der Waals surface area contributed by atoms with Gasteiger partial charge in [-0.05, 0) is 24.8 Å². The largest absolute Gasteiger partial charge is 0.303 e. The van der Waals surface area contributed by atoms with E-state index < -0.39 is 0 Å². The highest BCUT2D eigenvalue weighted by molar-refractivity contribution is 5.55. The van der Waals surface area contributed by atoms with Crippen LogP contribution in [-0.4, -0.2) is 6.29 Å². The first kappa shape index (κ1) is 11.7. The molecule has 0 radical (unpaired) electrons. The van der Waals surface area contributed by atoms with Crippen molar-refractivity contribution >= 4 is 6.29 Å². The summed E-state index contributed by atoms with van der Waals surface area (Å²) in [5.41, 5.74) is 1.25. The Hall–Kier alpha value is -1.37. The molecule has 1 nitrogen and oxygen atoms in total. The summed E-state index contributed by atoms with van der Waals surface area (Å²) >= 11 is 0. The van der Waals surface area contributed by atoms with Crippen molar-refractivity contribution in [2.24, 2.45) is 5.92 Å². The van der Waals surface area contributed by atoms with Crippen molar-refractivity contribution in [3.8, 4) is 0 Å². The molecule has 0 aliphatic heterocycles. The normalized spacial score (nSPS) is 15.1. The second-order valence-electron chi connectivity index (χ2n) is 3.82. The number of rotatable bonds is 5. The Morgan fingerprint density at radius 2 is 1.93 bits per heavy atom. The maximum atomic E-state index is 10.9. The summed E-state index contributed by atoms with van der Waals surface area (Å²) in [5, 5.41) is 0. The fourth-order valence-corrected chi connectivity index (χ4v) is 1.73. The molecule has 0 amide bonds. The van der Waals surface area contributed by atoms with Gasteiger partial charge in [0, 0.05) is 5.92 Å². The molecule has 80 valence electrons. The fraction of sp³-hybridized carbons (Fsp3) is 0.357. The van der Waals surface area contributed by atoms with Gasteiger partial charge in [-0.3, -0.25) is 0 Å². The Labute approximate surface area is 91.8 Å². The van der Waals surface area contributed by atoms with Crippen LogP contribution in [-0.2, 0) is 4.79 Å². The number of aldehydes is 1. The fourth-order valence-electron chi connectivity index (χ4n) is 1.73. The van der Waals surface area contributed by atoms with E-state index in [0.29, 0.717) is 5.92 Å². The Morgan fingerprint density at radius 1 is 1.27 bits per heavy atom. The van der Waals surface area contributed by atoms with Gasteiger partial charge < -0.3 is 4.79 Å². The van der Waals surface area contributed by atoms with E-state index in [1.807, 2.05) is 38.1 Å². The molecule has 15 heavy (non-hydrogen) atoms. The van der Waals surface area contributed by atoms with Gasteiger partial charge >= 0.3 is 0 Å². The highest BCUT2D eigenvalue weighted by Gasteiger charge is 2.16. The van der Waals surface area contributed by atoms with E-state index >= 15 is 0 Å². The highest BCUT2D eigenvalue weighted by Crippen LogP contribution is 2.27. The van der Waals surface area contributed by atoms with Crippen LogP contribution in [0.1, 0.15) is 31.7 Å². The molecule has 0 aliphatic rings. The van der Waals surface area contributed by atoms with Crippen LogP contribution >= 0.6 is 0 Å². The zero-order valence-corrected chi connectivity index (χ0v) is 9.39. The Balaban J connectivity index is 2.85. The lowest BCUT2D eigenvalue weighted by Crippen LogP contribution is -2.10. The van der Waals surface area contributed by atoms with Gasteiger partial charge in [0.2, 0.25) is 0 Å². The topological polar surface area (TPSA) is 17.1 Å². The van der Waals surface area contributed by atoms with E-state index in [9.17, 15) is 4.79 Å². The van der Waals surface area contributed by atoms with Crippen molar-refractivity contribution in [1.82, 2.24) is 0 Å². The van der Waals surface area contributed by atoms with Crippen molar-refractivity contribution in [1.29, 1.82) is 0 Å².